The average molecular weight is 470 g/mol. The predicted octanol–water partition coefficient (Wildman–Crippen LogP) is 3.31. The summed E-state index contributed by atoms with van der Waals surface area (Å²) < 4.78 is 13.6. The zero-order valence-electron chi connectivity index (χ0n) is 14.9. The number of hydrogen-bond acceptors (Lipinski definition) is 2. The van der Waals surface area contributed by atoms with Crippen molar-refractivity contribution in [3.63, 3.8) is 0 Å². The van der Waals surface area contributed by atoms with Crippen molar-refractivity contribution in [2.24, 2.45) is 4.99 Å². The van der Waals surface area contributed by atoms with Crippen LogP contribution in [0.5, 0.6) is 0 Å². The van der Waals surface area contributed by atoms with Crippen molar-refractivity contribution in [2.45, 2.75) is 19.9 Å². The normalized spacial score (nSPS) is 10.7. The van der Waals surface area contributed by atoms with E-state index in [9.17, 15) is 9.18 Å². The van der Waals surface area contributed by atoms with Crippen LogP contribution in [0.4, 0.5) is 10.1 Å². The van der Waals surface area contributed by atoms with E-state index in [1.165, 1.54) is 13.0 Å². The molecule has 140 valence electrons. The maximum atomic E-state index is 13.6. The lowest BCUT2D eigenvalue weighted by Crippen LogP contribution is -2.37. The van der Waals surface area contributed by atoms with Gasteiger partial charge in [-0.3, -0.25) is 9.79 Å². The van der Waals surface area contributed by atoms with Gasteiger partial charge in [0.1, 0.15) is 5.82 Å². The van der Waals surface area contributed by atoms with E-state index in [2.05, 4.69) is 20.9 Å². The first-order valence-corrected chi connectivity index (χ1v) is 8.13. The highest BCUT2D eigenvalue weighted by Gasteiger charge is 2.03. The van der Waals surface area contributed by atoms with E-state index in [1.54, 1.807) is 19.2 Å². The molecule has 2 aromatic carbocycles. The van der Waals surface area contributed by atoms with Gasteiger partial charge in [0.15, 0.2) is 5.96 Å². The van der Waals surface area contributed by atoms with Crippen LogP contribution in [0.15, 0.2) is 53.5 Å². The van der Waals surface area contributed by atoms with Gasteiger partial charge in [0.25, 0.3) is 0 Å². The third-order valence-electron chi connectivity index (χ3n) is 3.58. The van der Waals surface area contributed by atoms with Crippen LogP contribution in [0.3, 0.4) is 0 Å². The molecule has 0 radical (unpaired) electrons. The molecule has 0 aliphatic carbocycles. The molecule has 0 spiro atoms. The number of carbonyl (C=O) groups excluding carboxylic acids is 1. The molecule has 1 amide bonds. The number of benzene rings is 2. The monoisotopic (exact) mass is 470 g/mol. The van der Waals surface area contributed by atoms with Crippen LogP contribution in [0.2, 0.25) is 0 Å². The topological polar surface area (TPSA) is 65.5 Å². The zero-order valence-corrected chi connectivity index (χ0v) is 17.2. The SMILES string of the molecule is CN=C(NCCc1ccccc1F)NCc1cccc(NC(C)=O)c1.I. The van der Waals surface area contributed by atoms with Crippen LogP contribution >= 0.6 is 24.0 Å². The van der Waals surface area contributed by atoms with Crippen molar-refractivity contribution in [1.29, 1.82) is 0 Å². The van der Waals surface area contributed by atoms with Gasteiger partial charge < -0.3 is 16.0 Å². The van der Waals surface area contributed by atoms with Crippen LogP contribution in [0.1, 0.15) is 18.1 Å². The van der Waals surface area contributed by atoms with Crippen LogP contribution in [0.25, 0.3) is 0 Å². The van der Waals surface area contributed by atoms with E-state index in [0.29, 0.717) is 31.0 Å². The van der Waals surface area contributed by atoms with Crippen LogP contribution in [-0.2, 0) is 17.8 Å². The first kappa shape index (κ1) is 21.9. The fourth-order valence-electron chi connectivity index (χ4n) is 2.39. The van der Waals surface area contributed by atoms with Gasteiger partial charge in [-0.25, -0.2) is 4.39 Å². The standard InChI is InChI=1S/C19H23FN4O.HI/c1-14(25)24-17-8-5-6-15(12-17)13-23-19(21-2)22-11-10-16-7-3-4-9-18(16)20;/h3-9,12H,10-11,13H2,1-2H3,(H,24,25)(H2,21,22,23);1H. The molecule has 0 unspecified atom stereocenters. The molecule has 26 heavy (non-hydrogen) atoms. The van der Waals surface area contributed by atoms with Gasteiger partial charge in [0, 0.05) is 32.7 Å². The lowest BCUT2D eigenvalue weighted by molar-refractivity contribution is -0.114. The molecule has 3 N–H and O–H groups in total. The number of anilines is 1. The minimum absolute atomic E-state index is 0. The molecule has 0 saturated carbocycles. The maximum absolute atomic E-state index is 13.6. The lowest BCUT2D eigenvalue weighted by atomic mass is 10.1. The molecule has 0 fully saturated rings. The quantitative estimate of drug-likeness (QED) is 0.345. The molecular formula is C19H24FIN4O. The molecule has 2 rings (SSSR count). The molecule has 0 saturated heterocycles. The summed E-state index contributed by atoms with van der Waals surface area (Å²) in [6, 6.07) is 14.3. The Morgan fingerprint density at radius 2 is 1.88 bits per heavy atom. The summed E-state index contributed by atoms with van der Waals surface area (Å²) in [6.45, 7) is 2.62. The highest BCUT2D eigenvalue weighted by Crippen LogP contribution is 2.10. The summed E-state index contributed by atoms with van der Waals surface area (Å²) >= 11 is 0. The predicted molar refractivity (Wildman–Crippen MR) is 114 cm³/mol. The first-order valence-electron chi connectivity index (χ1n) is 8.13. The molecule has 2 aromatic rings. The van der Waals surface area contributed by atoms with Crippen molar-refractivity contribution in [2.75, 3.05) is 18.9 Å². The van der Waals surface area contributed by atoms with Crippen molar-refractivity contribution in [1.82, 2.24) is 10.6 Å². The van der Waals surface area contributed by atoms with Crippen molar-refractivity contribution in [3.8, 4) is 0 Å². The second kappa shape index (κ2) is 11.5. The van der Waals surface area contributed by atoms with Gasteiger partial charge >= 0.3 is 0 Å². The number of nitrogens with zero attached hydrogens (tertiary/aromatic N) is 1. The Hall–Kier alpha value is -2.16. The minimum atomic E-state index is -0.193. The number of hydrogen-bond donors (Lipinski definition) is 3. The Labute approximate surface area is 170 Å². The van der Waals surface area contributed by atoms with Gasteiger partial charge in [0.2, 0.25) is 5.91 Å². The minimum Gasteiger partial charge on any atom is -0.356 e. The summed E-state index contributed by atoms with van der Waals surface area (Å²) in [7, 11) is 1.69. The van der Waals surface area contributed by atoms with Crippen LogP contribution in [0, 0.1) is 5.82 Å². The Bertz CT molecular complexity index is 752. The van der Waals surface area contributed by atoms with Crippen molar-refractivity contribution < 1.29 is 9.18 Å². The van der Waals surface area contributed by atoms with Crippen LogP contribution < -0.4 is 16.0 Å². The molecule has 0 atom stereocenters. The van der Waals surface area contributed by atoms with E-state index in [4.69, 9.17) is 0 Å². The van der Waals surface area contributed by atoms with E-state index in [-0.39, 0.29) is 35.7 Å². The molecule has 0 aliphatic heterocycles. The number of halogens is 2. The third-order valence-corrected chi connectivity index (χ3v) is 3.58. The largest absolute Gasteiger partial charge is 0.356 e. The highest BCUT2D eigenvalue weighted by atomic mass is 127. The second-order valence-corrected chi connectivity index (χ2v) is 5.58. The average Bonchev–Trinajstić information content (AvgIpc) is 2.59. The van der Waals surface area contributed by atoms with E-state index < -0.39 is 0 Å². The molecule has 7 heteroatoms. The fourth-order valence-corrected chi connectivity index (χ4v) is 2.39. The first-order chi connectivity index (χ1) is 12.1. The molecule has 0 heterocycles. The number of rotatable bonds is 6. The molecule has 0 bridgehead atoms. The van der Waals surface area contributed by atoms with Gasteiger partial charge in [0.05, 0.1) is 0 Å². The van der Waals surface area contributed by atoms with Gasteiger partial charge in [-0.2, -0.15) is 0 Å². The summed E-state index contributed by atoms with van der Waals surface area (Å²) in [5.74, 6) is 0.346. The Morgan fingerprint density at radius 3 is 2.58 bits per heavy atom. The number of guanidine groups is 1. The van der Waals surface area contributed by atoms with E-state index >= 15 is 0 Å². The summed E-state index contributed by atoms with van der Waals surface area (Å²) in [6.07, 6.45) is 0.575. The maximum Gasteiger partial charge on any atom is 0.221 e. The van der Waals surface area contributed by atoms with Crippen LogP contribution in [-0.4, -0.2) is 25.5 Å². The van der Waals surface area contributed by atoms with Gasteiger partial charge in [-0.1, -0.05) is 30.3 Å². The summed E-state index contributed by atoms with van der Waals surface area (Å²) in [4.78, 5) is 15.3. The van der Waals surface area contributed by atoms with Crippen molar-refractivity contribution >= 4 is 41.5 Å². The van der Waals surface area contributed by atoms with Gasteiger partial charge in [-0.05, 0) is 35.7 Å². The van der Waals surface area contributed by atoms with E-state index in [1.807, 2.05) is 30.3 Å². The zero-order chi connectivity index (χ0) is 18.1. The lowest BCUT2D eigenvalue weighted by Gasteiger charge is -2.13. The fraction of sp³-hybridized carbons (Fsp3) is 0.263. The Kier molecular flexibility index (Phi) is 9.64. The number of nitrogens with one attached hydrogen (secondary N) is 3. The van der Waals surface area contributed by atoms with Gasteiger partial charge in [-0.15, -0.1) is 24.0 Å². The molecule has 0 aliphatic rings. The highest BCUT2D eigenvalue weighted by molar-refractivity contribution is 14.0. The smallest absolute Gasteiger partial charge is 0.221 e. The van der Waals surface area contributed by atoms with E-state index in [0.717, 1.165) is 11.3 Å². The number of amides is 1. The number of carbonyl (C=O) groups is 1. The molecule has 0 aromatic heterocycles. The van der Waals surface area contributed by atoms with Crippen molar-refractivity contribution in [3.05, 3.63) is 65.5 Å². The molecule has 5 nitrogen and oxygen atoms in total. The second-order valence-electron chi connectivity index (χ2n) is 5.58. The Morgan fingerprint density at radius 1 is 1.12 bits per heavy atom. The third kappa shape index (κ3) is 7.38. The number of aliphatic imine (C=N–C) groups is 1. The molecular weight excluding hydrogens is 446 g/mol. The summed E-state index contributed by atoms with van der Waals surface area (Å²) in [5, 5.41) is 9.12. The Balaban J connectivity index is 0.00000338. The summed E-state index contributed by atoms with van der Waals surface area (Å²) in [5.41, 5.74) is 2.45.